The molecule has 194 valence electrons. The number of carboxylic acids is 1. The summed E-state index contributed by atoms with van der Waals surface area (Å²) in [5.41, 5.74) is 1.37. The molecule has 0 bridgehead atoms. The average Bonchev–Trinajstić information content (AvgIpc) is 3.37. The molecule has 0 spiro atoms. The Morgan fingerprint density at radius 3 is 2.27 bits per heavy atom. The zero-order valence-corrected chi connectivity index (χ0v) is 21.6. The number of carbonyl (C=O) groups excluding carboxylic acids is 1. The van der Waals surface area contributed by atoms with E-state index in [1.54, 1.807) is 24.3 Å². The van der Waals surface area contributed by atoms with Crippen molar-refractivity contribution in [1.82, 2.24) is 4.90 Å². The largest absolute Gasteiger partial charge is 2.00 e. The van der Waals surface area contributed by atoms with Gasteiger partial charge in [-0.15, -0.1) is 5.69 Å². The van der Waals surface area contributed by atoms with E-state index in [4.69, 9.17) is 0 Å². The summed E-state index contributed by atoms with van der Waals surface area (Å²) in [6, 6.07) is 26.0. The van der Waals surface area contributed by atoms with Crippen LogP contribution in [0.15, 0.2) is 89.9 Å². The molecule has 8 heteroatoms. The van der Waals surface area contributed by atoms with Crippen LogP contribution < -0.4 is 0 Å². The van der Waals surface area contributed by atoms with Crippen LogP contribution in [0.5, 0.6) is 0 Å². The molecule has 4 rings (SSSR count). The minimum atomic E-state index is -1.75. The Kier molecular flexibility index (Phi) is 9.75. The van der Waals surface area contributed by atoms with E-state index in [1.807, 2.05) is 48.5 Å². The first-order chi connectivity index (χ1) is 17.4. The van der Waals surface area contributed by atoms with Crippen LogP contribution in [0.25, 0.3) is 5.32 Å². The molecule has 0 aromatic heterocycles. The van der Waals surface area contributed by atoms with Crippen LogP contribution in [0, 0.1) is 0 Å². The van der Waals surface area contributed by atoms with Crippen LogP contribution >= 0.6 is 0 Å². The van der Waals surface area contributed by atoms with Gasteiger partial charge in [-0.25, -0.2) is 4.79 Å². The summed E-state index contributed by atoms with van der Waals surface area (Å²) in [7, 11) is 0. The minimum Gasteiger partial charge on any atom is -0.625 e. The second-order valence-electron chi connectivity index (χ2n) is 9.14. The van der Waals surface area contributed by atoms with Gasteiger partial charge >= 0.3 is 22.5 Å². The van der Waals surface area contributed by atoms with Gasteiger partial charge in [0.05, 0.1) is 24.3 Å². The normalized spacial score (nSPS) is 17.5. The topological polar surface area (TPSA) is 104 Å². The second kappa shape index (κ2) is 12.8. The molecule has 1 aliphatic heterocycles. The van der Waals surface area contributed by atoms with Crippen LogP contribution in [-0.2, 0) is 32.6 Å². The van der Waals surface area contributed by atoms with Gasteiger partial charge in [0.1, 0.15) is 0 Å². The van der Waals surface area contributed by atoms with Gasteiger partial charge in [-0.1, -0.05) is 84.9 Å². The van der Waals surface area contributed by atoms with Crippen molar-refractivity contribution >= 4 is 23.3 Å². The second-order valence-corrected chi connectivity index (χ2v) is 9.14. The third-order valence-electron chi connectivity index (χ3n) is 6.44. The maximum absolute atomic E-state index is 13.4. The molecule has 7 nitrogen and oxygen atoms in total. The number of aliphatic hydroxyl groups is 1. The molecule has 1 fully saturated rings. The number of hydrogen-bond acceptors (Lipinski definition) is 5. The first-order valence-corrected chi connectivity index (χ1v) is 12.0. The number of aliphatic imine (C=N–C) groups is 1. The first-order valence-electron chi connectivity index (χ1n) is 12.0. The van der Waals surface area contributed by atoms with E-state index in [1.165, 1.54) is 6.92 Å². The number of hydrogen-bond donors (Lipinski definition) is 2. The molecule has 1 saturated heterocycles. The monoisotopic (exact) mass is 542 g/mol. The van der Waals surface area contributed by atoms with Gasteiger partial charge < -0.3 is 20.3 Å². The summed E-state index contributed by atoms with van der Waals surface area (Å²) in [6.45, 7) is 2.20. The van der Waals surface area contributed by atoms with E-state index in [0.29, 0.717) is 29.1 Å². The number of likely N-dealkylation sites (tertiary alicyclic amines) is 1. The van der Waals surface area contributed by atoms with Crippen LogP contribution in [0.2, 0.25) is 0 Å². The number of carbonyl (C=O) groups is 2. The molecule has 0 saturated carbocycles. The quantitative estimate of drug-likeness (QED) is 0.305. The molecule has 37 heavy (non-hydrogen) atoms. The van der Waals surface area contributed by atoms with E-state index in [9.17, 15) is 19.8 Å². The molecule has 0 radical (unpaired) electrons. The summed E-state index contributed by atoms with van der Waals surface area (Å²) in [5, 5.41) is 24.1. The Hall–Kier alpha value is -3.32. The summed E-state index contributed by atoms with van der Waals surface area (Å²) >= 11 is 0. The van der Waals surface area contributed by atoms with E-state index >= 15 is 0 Å². The predicted octanol–water partition coefficient (Wildman–Crippen LogP) is 4.55. The van der Waals surface area contributed by atoms with Gasteiger partial charge in [0, 0.05) is 12.1 Å². The fraction of sp³-hybridized carbons (Fsp3) is 0.276. The molecule has 2 N–H and O–H groups in total. The van der Waals surface area contributed by atoms with Crippen LogP contribution in [0.1, 0.15) is 36.5 Å². The fourth-order valence-corrected chi connectivity index (χ4v) is 4.35. The number of amides is 1. The van der Waals surface area contributed by atoms with Crippen molar-refractivity contribution < 1.29 is 36.3 Å². The van der Waals surface area contributed by atoms with Gasteiger partial charge in [-0.05, 0) is 37.4 Å². The SMILES string of the molecule is C[C@@](CO)(N=C(c1ccccc1)c1ccccc1[N-]C(=O)[C@@H]1CCCN1Cc1ccccc1)C(=O)O.[Ni+2]. The number of aliphatic carboxylic acids is 1. The Labute approximate surface area is 227 Å². The van der Waals surface area contributed by atoms with Crippen molar-refractivity contribution in [2.24, 2.45) is 4.99 Å². The zero-order valence-electron chi connectivity index (χ0n) is 20.6. The van der Waals surface area contributed by atoms with E-state index in [-0.39, 0.29) is 28.4 Å². The van der Waals surface area contributed by atoms with E-state index in [2.05, 4.69) is 27.3 Å². The van der Waals surface area contributed by atoms with Gasteiger partial charge in [0.2, 0.25) is 0 Å². The maximum atomic E-state index is 13.4. The van der Waals surface area contributed by atoms with Crippen molar-refractivity contribution in [1.29, 1.82) is 0 Å². The number of carboxylic acid groups (broad SMARTS) is 1. The molecule has 3 aromatic carbocycles. The Morgan fingerprint density at radius 2 is 1.62 bits per heavy atom. The third-order valence-corrected chi connectivity index (χ3v) is 6.44. The molecule has 0 unspecified atom stereocenters. The Morgan fingerprint density at radius 1 is 1.00 bits per heavy atom. The van der Waals surface area contributed by atoms with Crippen molar-refractivity contribution in [3.05, 3.63) is 107 Å². The van der Waals surface area contributed by atoms with E-state index in [0.717, 1.165) is 24.9 Å². The molecule has 1 amide bonds. The minimum absolute atomic E-state index is 0. The number of para-hydroxylation sites is 1. The molecule has 1 aliphatic rings. The summed E-state index contributed by atoms with van der Waals surface area (Å²) in [6.07, 6.45) is 1.66. The molecule has 3 aromatic rings. The molecule has 0 aliphatic carbocycles. The standard InChI is InChI=1S/C29H31N3O4.Ni/c1-29(20-33,28(35)36)31-26(22-13-6-3-7-14-22)23-15-8-9-16-24(23)30-27(34)25-17-10-18-32(25)19-21-11-4-2-5-12-21;/h2-9,11-16,25,33H,10,17-20H2,1H3,(H2,30,31,34,35,36);/q;+2/p-1/t25-,29-;/m0./s1. The van der Waals surface area contributed by atoms with Gasteiger partial charge in [-0.2, -0.15) is 0 Å². The summed E-state index contributed by atoms with van der Waals surface area (Å²) < 4.78 is 0. The zero-order chi connectivity index (χ0) is 25.5. The van der Waals surface area contributed by atoms with Gasteiger partial charge in [-0.3, -0.25) is 9.89 Å². The van der Waals surface area contributed by atoms with E-state index < -0.39 is 18.1 Å². The molecular weight excluding hydrogens is 513 g/mol. The fourth-order valence-electron chi connectivity index (χ4n) is 4.35. The Bertz CT molecular complexity index is 1240. The number of nitrogens with zero attached hydrogens (tertiary/aromatic N) is 3. The summed E-state index contributed by atoms with van der Waals surface area (Å²) in [5.74, 6) is -1.47. The predicted molar refractivity (Wildman–Crippen MR) is 140 cm³/mol. The Balaban J connectivity index is 0.00000380. The number of rotatable bonds is 9. The van der Waals surface area contributed by atoms with Crippen molar-refractivity contribution in [2.75, 3.05) is 13.2 Å². The summed E-state index contributed by atoms with van der Waals surface area (Å²) in [4.78, 5) is 32.0. The third kappa shape index (κ3) is 6.72. The van der Waals surface area contributed by atoms with Gasteiger partial charge in [0.25, 0.3) is 0 Å². The van der Waals surface area contributed by atoms with Crippen molar-refractivity contribution in [3.8, 4) is 0 Å². The van der Waals surface area contributed by atoms with Crippen molar-refractivity contribution in [3.63, 3.8) is 0 Å². The molecular formula is C29H30N3NiO4+. The number of aliphatic hydroxyl groups excluding tert-OH is 1. The average molecular weight is 543 g/mol. The maximum Gasteiger partial charge on any atom is 2.00 e. The number of benzene rings is 3. The molecule has 1 heterocycles. The van der Waals surface area contributed by atoms with Crippen LogP contribution in [-0.4, -0.2) is 57.4 Å². The molecule has 2 atom stereocenters. The van der Waals surface area contributed by atoms with Gasteiger partial charge in [0.15, 0.2) is 5.54 Å². The van der Waals surface area contributed by atoms with Crippen LogP contribution in [0.3, 0.4) is 0 Å². The van der Waals surface area contributed by atoms with Crippen molar-refractivity contribution in [2.45, 2.75) is 37.9 Å². The van der Waals surface area contributed by atoms with Crippen LogP contribution in [0.4, 0.5) is 5.69 Å². The smallest absolute Gasteiger partial charge is 0.625 e. The first kappa shape index (κ1) is 28.3.